The van der Waals surface area contributed by atoms with Gasteiger partial charge in [0.25, 0.3) is 0 Å². The topological polar surface area (TPSA) is 42.7 Å². The molecule has 4 nitrogen and oxygen atoms in total. The van der Waals surface area contributed by atoms with Gasteiger partial charge in [-0.15, -0.1) is 5.10 Å². The van der Waals surface area contributed by atoms with Crippen molar-refractivity contribution in [1.29, 1.82) is 0 Å². The lowest BCUT2D eigenvalue weighted by Gasteiger charge is -2.16. The largest absolute Gasteiger partial charge is 0.364 e. The van der Waals surface area contributed by atoms with Gasteiger partial charge in [0.2, 0.25) is 0 Å². The van der Waals surface area contributed by atoms with Crippen LogP contribution in [0, 0.1) is 6.92 Å². The van der Waals surface area contributed by atoms with E-state index in [9.17, 15) is 0 Å². The molecule has 0 spiro atoms. The lowest BCUT2D eigenvalue weighted by molar-refractivity contribution is 0.542. The Bertz CT molecular complexity index is 702. The monoisotopic (exact) mass is 252 g/mol. The van der Waals surface area contributed by atoms with Crippen molar-refractivity contribution in [3.63, 3.8) is 0 Å². The highest BCUT2D eigenvalue weighted by atomic mass is 15.5. The summed E-state index contributed by atoms with van der Waals surface area (Å²) in [6.45, 7) is 4.16. The van der Waals surface area contributed by atoms with Crippen LogP contribution in [-0.4, -0.2) is 15.0 Å². The fraction of sp³-hybridized carbons (Fsp3) is 0.200. The molecule has 0 aliphatic heterocycles. The number of nitrogens with zero attached hydrogens (tertiary/aromatic N) is 3. The Balaban J connectivity index is 1.90. The molecule has 3 rings (SSSR count). The second-order valence-electron chi connectivity index (χ2n) is 4.71. The molecule has 0 fully saturated rings. The normalized spacial score (nSPS) is 12.5. The molecule has 0 saturated heterocycles. The van der Waals surface area contributed by atoms with Crippen LogP contribution in [0.25, 0.3) is 11.0 Å². The van der Waals surface area contributed by atoms with E-state index in [0.717, 1.165) is 16.7 Å². The highest BCUT2D eigenvalue weighted by molar-refractivity contribution is 5.74. The van der Waals surface area contributed by atoms with Crippen LogP contribution in [0.2, 0.25) is 0 Å². The van der Waals surface area contributed by atoms with Gasteiger partial charge in [0.1, 0.15) is 11.7 Å². The number of aromatic nitrogens is 3. The van der Waals surface area contributed by atoms with E-state index in [-0.39, 0.29) is 6.17 Å². The van der Waals surface area contributed by atoms with Crippen LogP contribution in [-0.2, 0) is 0 Å². The number of hydrogen-bond donors (Lipinski definition) is 1. The molecule has 2 aromatic carbocycles. The molecule has 0 bridgehead atoms. The number of fused-ring (bicyclic) bond motifs is 1. The standard InChI is InChI=1S/C15H16N4/c1-11-6-5-7-13(10-11)16-12(2)19-15-9-4-3-8-14(15)17-18-19/h3-10,12,16H,1-2H3. The van der Waals surface area contributed by atoms with E-state index in [0.29, 0.717) is 0 Å². The Kier molecular flexibility index (Phi) is 2.91. The zero-order valence-corrected chi connectivity index (χ0v) is 11.0. The van der Waals surface area contributed by atoms with Crippen LogP contribution < -0.4 is 5.32 Å². The summed E-state index contributed by atoms with van der Waals surface area (Å²) in [6, 6.07) is 16.3. The van der Waals surface area contributed by atoms with Gasteiger partial charge in [-0.2, -0.15) is 0 Å². The third-order valence-electron chi connectivity index (χ3n) is 3.14. The lowest BCUT2D eigenvalue weighted by Crippen LogP contribution is -2.16. The van der Waals surface area contributed by atoms with Crippen molar-refractivity contribution < 1.29 is 0 Å². The smallest absolute Gasteiger partial charge is 0.120 e. The van der Waals surface area contributed by atoms with Gasteiger partial charge in [-0.1, -0.05) is 29.5 Å². The summed E-state index contributed by atoms with van der Waals surface area (Å²) in [6.07, 6.45) is 0.0502. The molecule has 3 aromatic rings. The summed E-state index contributed by atoms with van der Waals surface area (Å²) in [4.78, 5) is 0. The maximum atomic E-state index is 4.22. The average molecular weight is 252 g/mol. The van der Waals surface area contributed by atoms with Crippen molar-refractivity contribution >= 4 is 16.7 Å². The van der Waals surface area contributed by atoms with Crippen LogP contribution in [0.15, 0.2) is 48.5 Å². The maximum absolute atomic E-state index is 4.22. The Morgan fingerprint density at radius 2 is 1.95 bits per heavy atom. The van der Waals surface area contributed by atoms with Crippen molar-refractivity contribution in [2.75, 3.05) is 5.32 Å². The molecular weight excluding hydrogens is 236 g/mol. The third-order valence-corrected chi connectivity index (χ3v) is 3.14. The van der Waals surface area contributed by atoms with Crippen LogP contribution in [0.4, 0.5) is 5.69 Å². The molecule has 1 unspecified atom stereocenters. The summed E-state index contributed by atoms with van der Waals surface area (Å²) < 4.78 is 1.90. The second kappa shape index (κ2) is 4.72. The molecule has 0 aliphatic rings. The fourth-order valence-corrected chi connectivity index (χ4v) is 2.21. The number of rotatable bonds is 3. The first kappa shape index (κ1) is 11.7. The van der Waals surface area contributed by atoms with Gasteiger partial charge >= 0.3 is 0 Å². The van der Waals surface area contributed by atoms with Gasteiger partial charge in [-0.05, 0) is 43.7 Å². The second-order valence-corrected chi connectivity index (χ2v) is 4.71. The van der Waals surface area contributed by atoms with Gasteiger partial charge in [-0.25, -0.2) is 4.68 Å². The number of nitrogens with one attached hydrogen (secondary N) is 1. The fourth-order valence-electron chi connectivity index (χ4n) is 2.21. The van der Waals surface area contributed by atoms with E-state index >= 15 is 0 Å². The van der Waals surface area contributed by atoms with Crippen molar-refractivity contribution in [2.24, 2.45) is 0 Å². The summed E-state index contributed by atoms with van der Waals surface area (Å²) in [5, 5.41) is 11.8. The van der Waals surface area contributed by atoms with Gasteiger partial charge in [0.15, 0.2) is 0 Å². The third kappa shape index (κ3) is 2.29. The van der Waals surface area contributed by atoms with Gasteiger partial charge in [0, 0.05) is 5.69 Å². The molecule has 1 heterocycles. The van der Waals surface area contributed by atoms with Crippen molar-refractivity contribution in [2.45, 2.75) is 20.0 Å². The Labute approximate surface area is 112 Å². The quantitative estimate of drug-likeness (QED) is 0.777. The number of aryl methyl sites for hydroxylation is 1. The van der Waals surface area contributed by atoms with Crippen LogP contribution in [0.1, 0.15) is 18.7 Å². The van der Waals surface area contributed by atoms with Crippen molar-refractivity contribution in [3.05, 3.63) is 54.1 Å². The van der Waals surface area contributed by atoms with E-state index < -0.39 is 0 Å². The van der Waals surface area contributed by atoms with Crippen LogP contribution in [0.5, 0.6) is 0 Å². The zero-order chi connectivity index (χ0) is 13.2. The van der Waals surface area contributed by atoms with E-state index in [1.165, 1.54) is 5.56 Å². The van der Waals surface area contributed by atoms with Gasteiger partial charge in [-0.3, -0.25) is 0 Å². The number of para-hydroxylation sites is 1. The molecule has 4 heteroatoms. The first-order valence-corrected chi connectivity index (χ1v) is 6.37. The summed E-state index contributed by atoms with van der Waals surface area (Å²) in [7, 11) is 0. The zero-order valence-electron chi connectivity index (χ0n) is 11.0. The molecule has 1 N–H and O–H groups in total. The minimum Gasteiger partial charge on any atom is -0.364 e. The molecular formula is C15H16N4. The number of anilines is 1. The van der Waals surface area contributed by atoms with E-state index in [4.69, 9.17) is 0 Å². The summed E-state index contributed by atoms with van der Waals surface area (Å²) in [5.41, 5.74) is 4.28. The predicted molar refractivity (Wildman–Crippen MR) is 77.0 cm³/mol. The predicted octanol–water partition coefficient (Wildman–Crippen LogP) is 3.37. The number of hydrogen-bond acceptors (Lipinski definition) is 3. The Hall–Kier alpha value is -2.36. The van der Waals surface area contributed by atoms with Gasteiger partial charge in [0.05, 0.1) is 5.52 Å². The van der Waals surface area contributed by atoms with E-state index in [1.54, 1.807) is 0 Å². The maximum Gasteiger partial charge on any atom is 0.120 e. The molecule has 0 saturated carbocycles. The summed E-state index contributed by atoms with van der Waals surface area (Å²) in [5.74, 6) is 0. The summed E-state index contributed by atoms with van der Waals surface area (Å²) >= 11 is 0. The Morgan fingerprint density at radius 3 is 2.79 bits per heavy atom. The van der Waals surface area contributed by atoms with Crippen molar-refractivity contribution in [1.82, 2.24) is 15.0 Å². The van der Waals surface area contributed by atoms with Crippen LogP contribution >= 0.6 is 0 Å². The van der Waals surface area contributed by atoms with E-state index in [2.05, 4.69) is 47.7 Å². The molecule has 0 radical (unpaired) electrons. The SMILES string of the molecule is Cc1cccc(NC(C)n2nnc3ccccc32)c1. The minimum absolute atomic E-state index is 0.0502. The molecule has 96 valence electrons. The molecule has 0 aliphatic carbocycles. The van der Waals surface area contributed by atoms with Crippen molar-refractivity contribution in [3.8, 4) is 0 Å². The van der Waals surface area contributed by atoms with E-state index in [1.807, 2.05) is 35.0 Å². The average Bonchev–Trinajstić information content (AvgIpc) is 2.82. The molecule has 0 amide bonds. The minimum atomic E-state index is 0.0502. The first-order valence-electron chi connectivity index (χ1n) is 6.37. The molecule has 1 atom stereocenters. The molecule has 19 heavy (non-hydrogen) atoms. The highest BCUT2D eigenvalue weighted by Crippen LogP contribution is 2.18. The molecule has 1 aromatic heterocycles. The lowest BCUT2D eigenvalue weighted by atomic mass is 10.2. The van der Waals surface area contributed by atoms with Gasteiger partial charge < -0.3 is 5.32 Å². The highest BCUT2D eigenvalue weighted by Gasteiger charge is 2.10. The Morgan fingerprint density at radius 1 is 1.11 bits per heavy atom. The number of benzene rings is 2. The first-order chi connectivity index (χ1) is 9.24. The van der Waals surface area contributed by atoms with Crippen LogP contribution in [0.3, 0.4) is 0 Å².